The number of aliphatic hydroxyl groups is 1. The summed E-state index contributed by atoms with van der Waals surface area (Å²) >= 11 is 0. The van der Waals surface area contributed by atoms with E-state index in [9.17, 15) is 5.11 Å². The Morgan fingerprint density at radius 3 is 2.94 bits per heavy atom. The summed E-state index contributed by atoms with van der Waals surface area (Å²) < 4.78 is 0. The predicted octanol–water partition coefficient (Wildman–Crippen LogP) is 1.79. The molecule has 2 fully saturated rings. The van der Waals surface area contributed by atoms with E-state index in [0.717, 1.165) is 25.7 Å². The van der Waals surface area contributed by atoms with E-state index in [0.29, 0.717) is 6.04 Å². The van der Waals surface area contributed by atoms with Gasteiger partial charge in [0.25, 0.3) is 0 Å². The first-order chi connectivity index (χ1) is 7.78. The Hall–Kier alpha value is -0.930. The molecule has 0 spiro atoms. The highest BCUT2D eigenvalue weighted by Gasteiger charge is 2.48. The SMILES string of the molecule is OC1(C2CCC[C@@H](c3cccnc3)N2)CC1. The second kappa shape index (κ2) is 3.82. The molecule has 1 aromatic rings. The van der Waals surface area contributed by atoms with Gasteiger partial charge < -0.3 is 10.4 Å². The zero-order valence-corrected chi connectivity index (χ0v) is 9.39. The number of pyridine rings is 1. The molecule has 1 aliphatic carbocycles. The van der Waals surface area contributed by atoms with Crippen LogP contribution in [-0.2, 0) is 0 Å². The Labute approximate surface area is 95.9 Å². The van der Waals surface area contributed by atoms with Crippen molar-refractivity contribution < 1.29 is 5.11 Å². The van der Waals surface area contributed by atoms with Crippen molar-refractivity contribution in [2.24, 2.45) is 0 Å². The van der Waals surface area contributed by atoms with Crippen LogP contribution in [0, 0.1) is 0 Å². The van der Waals surface area contributed by atoms with Crippen molar-refractivity contribution in [1.29, 1.82) is 0 Å². The quantitative estimate of drug-likeness (QED) is 0.795. The lowest BCUT2D eigenvalue weighted by Gasteiger charge is -2.34. The van der Waals surface area contributed by atoms with Crippen molar-refractivity contribution >= 4 is 0 Å². The maximum atomic E-state index is 10.1. The number of nitrogens with zero attached hydrogens (tertiary/aromatic N) is 1. The van der Waals surface area contributed by atoms with Gasteiger partial charge in [-0.3, -0.25) is 4.98 Å². The van der Waals surface area contributed by atoms with Gasteiger partial charge in [0.05, 0.1) is 5.60 Å². The van der Waals surface area contributed by atoms with Crippen LogP contribution in [0.3, 0.4) is 0 Å². The molecule has 16 heavy (non-hydrogen) atoms. The van der Waals surface area contributed by atoms with Gasteiger partial charge in [0.1, 0.15) is 0 Å². The number of rotatable bonds is 2. The number of hydrogen-bond donors (Lipinski definition) is 2. The van der Waals surface area contributed by atoms with Gasteiger partial charge in [-0.05, 0) is 43.7 Å². The molecule has 2 aliphatic rings. The van der Waals surface area contributed by atoms with Gasteiger partial charge in [-0.2, -0.15) is 0 Å². The fourth-order valence-electron chi connectivity index (χ4n) is 2.68. The minimum absolute atomic E-state index is 0.284. The Morgan fingerprint density at radius 2 is 2.25 bits per heavy atom. The first-order valence-electron chi connectivity index (χ1n) is 6.16. The molecule has 0 radical (unpaired) electrons. The monoisotopic (exact) mass is 218 g/mol. The second-order valence-corrected chi connectivity index (χ2v) is 5.09. The number of piperidine rings is 1. The van der Waals surface area contributed by atoms with Crippen LogP contribution in [0.25, 0.3) is 0 Å². The first-order valence-corrected chi connectivity index (χ1v) is 6.16. The van der Waals surface area contributed by atoms with Gasteiger partial charge in [-0.1, -0.05) is 6.07 Å². The second-order valence-electron chi connectivity index (χ2n) is 5.09. The molecular formula is C13H18N2O. The van der Waals surface area contributed by atoms with Crippen molar-refractivity contribution in [3.8, 4) is 0 Å². The third-order valence-electron chi connectivity index (χ3n) is 3.89. The molecule has 3 nitrogen and oxygen atoms in total. The highest BCUT2D eigenvalue weighted by molar-refractivity contribution is 5.16. The molecule has 1 saturated carbocycles. The van der Waals surface area contributed by atoms with Gasteiger partial charge in [0.2, 0.25) is 0 Å². The highest BCUT2D eigenvalue weighted by Crippen LogP contribution is 2.43. The normalized spacial score (nSPS) is 32.3. The van der Waals surface area contributed by atoms with E-state index >= 15 is 0 Å². The van der Waals surface area contributed by atoms with Crippen LogP contribution in [0.15, 0.2) is 24.5 Å². The van der Waals surface area contributed by atoms with Gasteiger partial charge >= 0.3 is 0 Å². The van der Waals surface area contributed by atoms with E-state index in [4.69, 9.17) is 0 Å². The highest BCUT2D eigenvalue weighted by atomic mass is 16.3. The number of aromatic nitrogens is 1. The largest absolute Gasteiger partial charge is 0.388 e. The summed E-state index contributed by atoms with van der Waals surface area (Å²) in [6.07, 6.45) is 9.11. The van der Waals surface area contributed by atoms with Crippen LogP contribution in [0.1, 0.15) is 43.7 Å². The average molecular weight is 218 g/mol. The van der Waals surface area contributed by atoms with Gasteiger partial charge in [0, 0.05) is 24.5 Å². The van der Waals surface area contributed by atoms with E-state index in [-0.39, 0.29) is 6.04 Å². The Balaban J connectivity index is 1.73. The molecule has 86 valence electrons. The molecule has 1 aromatic heterocycles. The van der Waals surface area contributed by atoms with Crippen molar-refractivity contribution in [3.05, 3.63) is 30.1 Å². The molecule has 3 rings (SSSR count). The zero-order valence-electron chi connectivity index (χ0n) is 9.39. The van der Waals surface area contributed by atoms with Gasteiger partial charge in [-0.25, -0.2) is 0 Å². The third kappa shape index (κ3) is 1.85. The van der Waals surface area contributed by atoms with E-state index in [1.54, 1.807) is 6.20 Å². The smallest absolute Gasteiger partial charge is 0.0802 e. The lowest BCUT2D eigenvalue weighted by Crippen LogP contribution is -2.46. The summed E-state index contributed by atoms with van der Waals surface area (Å²) in [5.74, 6) is 0. The molecule has 3 heteroatoms. The summed E-state index contributed by atoms with van der Waals surface area (Å²) in [6.45, 7) is 0. The molecule has 0 aromatic carbocycles. The molecule has 1 aliphatic heterocycles. The van der Waals surface area contributed by atoms with Crippen molar-refractivity contribution in [2.45, 2.75) is 49.8 Å². The summed E-state index contributed by atoms with van der Waals surface area (Å²) in [5, 5.41) is 13.7. The number of hydrogen-bond acceptors (Lipinski definition) is 3. The molecule has 1 saturated heterocycles. The summed E-state index contributed by atoms with van der Waals surface area (Å²) in [7, 11) is 0. The van der Waals surface area contributed by atoms with Crippen molar-refractivity contribution in [1.82, 2.24) is 10.3 Å². The molecule has 0 amide bonds. The molecular weight excluding hydrogens is 200 g/mol. The standard InChI is InChI=1S/C13H18N2O/c16-13(6-7-13)12-5-1-4-11(15-12)10-3-2-8-14-9-10/h2-3,8-9,11-12,15-16H,1,4-7H2/t11-,12?/m0/s1. The molecule has 2 atom stereocenters. The molecule has 1 unspecified atom stereocenters. The Bertz CT molecular complexity index is 361. The fourth-order valence-corrected chi connectivity index (χ4v) is 2.68. The van der Waals surface area contributed by atoms with Crippen LogP contribution >= 0.6 is 0 Å². The number of nitrogens with one attached hydrogen (secondary N) is 1. The maximum Gasteiger partial charge on any atom is 0.0802 e. The molecule has 2 N–H and O–H groups in total. The van der Waals surface area contributed by atoms with Crippen LogP contribution in [0.4, 0.5) is 0 Å². The van der Waals surface area contributed by atoms with E-state index < -0.39 is 5.60 Å². The molecule has 2 heterocycles. The average Bonchev–Trinajstić information content (AvgIpc) is 3.10. The minimum atomic E-state index is -0.402. The zero-order chi connectivity index (χ0) is 11.0. The lowest BCUT2D eigenvalue weighted by molar-refractivity contribution is 0.0782. The maximum absolute atomic E-state index is 10.1. The lowest BCUT2D eigenvalue weighted by atomic mass is 9.91. The van der Waals surface area contributed by atoms with Crippen LogP contribution in [-0.4, -0.2) is 21.7 Å². The Morgan fingerprint density at radius 1 is 1.38 bits per heavy atom. The fraction of sp³-hybridized carbons (Fsp3) is 0.615. The van der Waals surface area contributed by atoms with Crippen LogP contribution < -0.4 is 5.32 Å². The predicted molar refractivity (Wildman–Crippen MR) is 61.9 cm³/mol. The summed E-state index contributed by atoms with van der Waals surface area (Å²) in [5.41, 5.74) is 0.845. The van der Waals surface area contributed by atoms with Crippen LogP contribution in [0.2, 0.25) is 0 Å². The topological polar surface area (TPSA) is 45.2 Å². The first kappa shape index (κ1) is 10.2. The van der Waals surface area contributed by atoms with E-state index in [1.165, 1.54) is 12.0 Å². The Kier molecular flexibility index (Phi) is 2.45. The van der Waals surface area contributed by atoms with E-state index in [1.807, 2.05) is 12.3 Å². The van der Waals surface area contributed by atoms with E-state index in [2.05, 4.69) is 16.4 Å². The molecule has 0 bridgehead atoms. The summed E-state index contributed by atoms with van der Waals surface area (Å²) in [6, 6.07) is 4.75. The van der Waals surface area contributed by atoms with Crippen LogP contribution in [0.5, 0.6) is 0 Å². The van der Waals surface area contributed by atoms with Gasteiger partial charge in [0.15, 0.2) is 0 Å². The summed E-state index contributed by atoms with van der Waals surface area (Å²) in [4.78, 5) is 4.16. The third-order valence-corrected chi connectivity index (χ3v) is 3.89. The van der Waals surface area contributed by atoms with Crippen molar-refractivity contribution in [2.75, 3.05) is 0 Å². The van der Waals surface area contributed by atoms with Crippen molar-refractivity contribution in [3.63, 3.8) is 0 Å². The van der Waals surface area contributed by atoms with Gasteiger partial charge in [-0.15, -0.1) is 0 Å². The minimum Gasteiger partial charge on any atom is -0.388 e.